The Morgan fingerprint density at radius 1 is 1.04 bits per heavy atom. The van der Waals surface area contributed by atoms with Crippen LogP contribution in [-0.2, 0) is 19.2 Å². The molecular formula is C15H28N4O5S. The first-order valence-electron chi connectivity index (χ1n) is 7.95. The Bertz CT molecular complexity index is 487. The zero-order chi connectivity index (χ0) is 19.6. The van der Waals surface area contributed by atoms with E-state index in [2.05, 4.69) is 16.0 Å². The first kappa shape index (κ1) is 23.2. The van der Waals surface area contributed by atoms with Crippen LogP contribution in [0.4, 0.5) is 0 Å². The molecule has 0 saturated heterocycles. The van der Waals surface area contributed by atoms with Crippen LogP contribution in [0.1, 0.15) is 27.2 Å². The fraction of sp³-hybridized carbons (Fsp3) is 0.733. The van der Waals surface area contributed by atoms with E-state index in [9.17, 15) is 24.3 Å². The molecule has 25 heavy (non-hydrogen) atoms. The lowest BCUT2D eigenvalue weighted by atomic mass is 10.0. The Morgan fingerprint density at radius 3 is 2.08 bits per heavy atom. The Kier molecular flexibility index (Phi) is 10.8. The van der Waals surface area contributed by atoms with Gasteiger partial charge in [-0.25, -0.2) is 4.79 Å². The lowest BCUT2D eigenvalue weighted by Crippen LogP contribution is -2.56. The number of nitrogens with two attached hydrogens (primary N) is 1. The molecule has 0 aliphatic rings. The van der Waals surface area contributed by atoms with Crippen LogP contribution in [0.15, 0.2) is 0 Å². The van der Waals surface area contributed by atoms with Gasteiger partial charge in [-0.3, -0.25) is 14.4 Å². The summed E-state index contributed by atoms with van der Waals surface area (Å²) in [6.07, 6.45) is 2.19. The van der Waals surface area contributed by atoms with E-state index in [0.29, 0.717) is 12.2 Å². The van der Waals surface area contributed by atoms with Crippen molar-refractivity contribution >= 4 is 35.5 Å². The number of nitrogens with one attached hydrogen (secondary N) is 3. The molecule has 0 aromatic carbocycles. The third-order valence-electron chi connectivity index (χ3n) is 3.43. The van der Waals surface area contributed by atoms with Gasteiger partial charge >= 0.3 is 5.97 Å². The minimum Gasteiger partial charge on any atom is -0.480 e. The molecule has 9 nitrogen and oxygen atoms in total. The van der Waals surface area contributed by atoms with Crippen LogP contribution in [0, 0.1) is 5.92 Å². The van der Waals surface area contributed by atoms with Gasteiger partial charge in [0.05, 0.1) is 6.54 Å². The summed E-state index contributed by atoms with van der Waals surface area (Å²) in [6, 6.07) is -2.80. The zero-order valence-electron chi connectivity index (χ0n) is 15.0. The average molecular weight is 376 g/mol. The Labute approximate surface area is 151 Å². The van der Waals surface area contributed by atoms with Gasteiger partial charge in [-0.1, -0.05) is 13.8 Å². The molecule has 3 atom stereocenters. The van der Waals surface area contributed by atoms with E-state index < -0.39 is 41.8 Å². The summed E-state index contributed by atoms with van der Waals surface area (Å²) in [5, 5.41) is 16.6. The van der Waals surface area contributed by atoms with Gasteiger partial charge < -0.3 is 26.8 Å². The van der Waals surface area contributed by atoms with E-state index in [4.69, 9.17) is 5.73 Å². The molecular weight excluding hydrogens is 348 g/mol. The van der Waals surface area contributed by atoms with Gasteiger partial charge in [0.1, 0.15) is 18.1 Å². The lowest BCUT2D eigenvalue weighted by Gasteiger charge is -2.24. The summed E-state index contributed by atoms with van der Waals surface area (Å²) in [6.45, 7) is 4.58. The molecule has 10 heteroatoms. The second-order valence-corrected chi connectivity index (χ2v) is 6.89. The second kappa shape index (κ2) is 11.7. The van der Waals surface area contributed by atoms with E-state index in [1.807, 2.05) is 6.26 Å². The van der Waals surface area contributed by atoms with Crippen LogP contribution in [-0.4, -0.2) is 65.5 Å². The van der Waals surface area contributed by atoms with Gasteiger partial charge in [-0.15, -0.1) is 0 Å². The van der Waals surface area contributed by atoms with Gasteiger partial charge in [-0.2, -0.15) is 11.8 Å². The van der Waals surface area contributed by atoms with Crippen molar-refractivity contribution < 1.29 is 24.3 Å². The van der Waals surface area contributed by atoms with Crippen molar-refractivity contribution in [3.05, 3.63) is 0 Å². The summed E-state index contributed by atoms with van der Waals surface area (Å²) < 4.78 is 0. The summed E-state index contributed by atoms with van der Waals surface area (Å²) >= 11 is 1.49. The number of carboxylic acids is 1. The molecule has 144 valence electrons. The Morgan fingerprint density at radius 2 is 1.64 bits per heavy atom. The zero-order valence-corrected chi connectivity index (χ0v) is 15.8. The molecule has 0 radical (unpaired) electrons. The van der Waals surface area contributed by atoms with Crippen LogP contribution in [0.5, 0.6) is 0 Å². The van der Waals surface area contributed by atoms with Crippen molar-refractivity contribution in [2.45, 2.75) is 45.3 Å². The fourth-order valence-electron chi connectivity index (χ4n) is 1.93. The third-order valence-corrected chi connectivity index (χ3v) is 4.07. The summed E-state index contributed by atoms with van der Waals surface area (Å²) in [5.41, 5.74) is 5.18. The molecule has 0 heterocycles. The SMILES string of the molecule is CSCCC(NC(=O)C(C)NC(=O)CN)C(=O)NC(C(=O)O)C(C)C. The molecule has 0 bridgehead atoms. The van der Waals surface area contributed by atoms with Crippen molar-refractivity contribution in [3.8, 4) is 0 Å². The first-order valence-corrected chi connectivity index (χ1v) is 9.35. The number of hydrogen-bond acceptors (Lipinski definition) is 6. The standard InChI is InChI=1S/C15H28N4O5S/c1-8(2)12(15(23)24)19-14(22)10(5-6-25-4)18-13(21)9(3)17-11(20)7-16/h8-10,12H,5-7,16H2,1-4H3,(H,17,20)(H,18,21)(H,19,22)(H,23,24). The predicted octanol–water partition coefficient (Wildman–Crippen LogP) is -1.09. The van der Waals surface area contributed by atoms with Gasteiger partial charge in [0.15, 0.2) is 0 Å². The summed E-state index contributed by atoms with van der Waals surface area (Å²) in [4.78, 5) is 47.0. The topological polar surface area (TPSA) is 151 Å². The van der Waals surface area contributed by atoms with Crippen molar-refractivity contribution in [3.63, 3.8) is 0 Å². The highest BCUT2D eigenvalue weighted by Gasteiger charge is 2.29. The van der Waals surface area contributed by atoms with E-state index in [0.717, 1.165) is 0 Å². The third kappa shape index (κ3) is 8.73. The second-order valence-electron chi connectivity index (χ2n) is 5.90. The number of aliphatic carboxylic acids is 1. The van der Waals surface area contributed by atoms with Crippen LogP contribution in [0.25, 0.3) is 0 Å². The lowest BCUT2D eigenvalue weighted by molar-refractivity contribution is -0.143. The number of carbonyl (C=O) groups excluding carboxylic acids is 3. The number of amides is 3. The van der Waals surface area contributed by atoms with Crippen molar-refractivity contribution in [1.82, 2.24) is 16.0 Å². The number of thioether (sulfide) groups is 1. The van der Waals surface area contributed by atoms with Crippen LogP contribution in [0.2, 0.25) is 0 Å². The highest BCUT2D eigenvalue weighted by molar-refractivity contribution is 7.98. The molecule has 3 amide bonds. The predicted molar refractivity (Wildman–Crippen MR) is 96.0 cm³/mol. The molecule has 0 spiro atoms. The molecule has 0 aromatic heterocycles. The molecule has 0 aromatic rings. The van der Waals surface area contributed by atoms with Gasteiger partial charge in [0.2, 0.25) is 17.7 Å². The minimum atomic E-state index is -1.14. The van der Waals surface area contributed by atoms with E-state index in [-0.39, 0.29) is 12.5 Å². The molecule has 0 saturated carbocycles. The average Bonchev–Trinajstić information content (AvgIpc) is 2.54. The summed E-state index contributed by atoms with van der Waals surface area (Å²) in [7, 11) is 0. The highest BCUT2D eigenvalue weighted by atomic mass is 32.2. The van der Waals surface area contributed by atoms with Crippen LogP contribution >= 0.6 is 11.8 Å². The van der Waals surface area contributed by atoms with Gasteiger partial charge in [-0.05, 0) is 31.3 Å². The van der Waals surface area contributed by atoms with E-state index in [1.54, 1.807) is 13.8 Å². The molecule has 6 N–H and O–H groups in total. The molecule has 3 unspecified atom stereocenters. The number of carbonyl (C=O) groups is 4. The van der Waals surface area contributed by atoms with Crippen LogP contribution < -0.4 is 21.7 Å². The Balaban J connectivity index is 4.98. The Hall–Kier alpha value is -1.81. The molecule has 0 fully saturated rings. The van der Waals surface area contributed by atoms with Gasteiger partial charge in [0, 0.05) is 0 Å². The largest absolute Gasteiger partial charge is 0.480 e. The summed E-state index contributed by atoms with van der Waals surface area (Å²) in [5.74, 6) is -2.44. The van der Waals surface area contributed by atoms with Gasteiger partial charge in [0.25, 0.3) is 0 Å². The quantitative estimate of drug-likeness (QED) is 0.307. The van der Waals surface area contributed by atoms with Crippen LogP contribution in [0.3, 0.4) is 0 Å². The maximum Gasteiger partial charge on any atom is 0.326 e. The fourth-order valence-corrected chi connectivity index (χ4v) is 2.41. The first-order chi connectivity index (χ1) is 11.6. The van der Waals surface area contributed by atoms with E-state index in [1.165, 1.54) is 18.7 Å². The van der Waals surface area contributed by atoms with Crippen molar-refractivity contribution in [2.75, 3.05) is 18.6 Å². The van der Waals surface area contributed by atoms with Crippen molar-refractivity contribution in [2.24, 2.45) is 11.7 Å². The number of rotatable bonds is 11. The highest BCUT2D eigenvalue weighted by Crippen LogP contribution is 2.06. The van der Waals surface area contributed by atoms with Crippen molar-refractivity contribution in [1.29, 1.82) is 0 Å². The maximum absolute atomic E-state index is 12.4. The normalized spacial score (nSPS) is 14.3. The number of hydrogen-bond donors (Lipinski definition) is 5. The van der Waals surface area contributed by atoms with E-state index >= 15 is 0 Å². The monoisotopic (exact) mass is 376 g/mol. The molecule has 0 rings (SSSR count). The maximum atomic E-state index is 12.4. The molecule has 0 aliphatic carbocycles. The molecule has 0 aliphatic heterocycles. The number of carboxylic acid groups (broad SMARTS) is 1. The smallest absolute Gasteiger partial charge is 0.326 e. The minimum absolute atomic E-state index is 0.247.